The van der Waals surface area contributed by atoms with E-state index in [4.69, 9.17) is 0 Å². The van der Waals surface area contributed by atoms with Crippen LogP contribution in [-0.2, 0) is 4.74 Å². The Kier molecular flexibility index (Phi) is 4.69. The van der Waals surface area contributed by atoms with Crippen LogP contribution in [0.1, 0.15) is 37.8 Å². The molecule has 8 nitrogen and oxygen atoms in total. The lowest BCUT2D eigenvalue weighted by atomic mass is 10.2. The quantitative estimate of drug-likeness (QED) is 0.779. The smallest absolute Gasteiger partial charge is 0.339 e. The molecule has 0 unspecified atom stereocenters. The number of hydrogen-bond acceptors (Lipinski definition) is 6. The molecule has 8 heteroatoms. The number of pyridine rings is 2. The summed E-state index contributed by atoms with van der Waals surface area (Å²) in [5.74, 6) is -1.27. The predicted molar refractivity (Wildman–Crippen MR) is 86.5 cm³/mol. The van der Waals surface area contributed by atoms with Crippen molar-refractivity contribution < 1.29 is 19.1 Å². The summed E-state index contributed by atoms with van der Waals surface area (Å²) in [6.07, 6.45) is 3.48. The average molecular weight is 340 g/mol. The Morgan fingerprint density at radius 3 is 2.16 bits per heavy atom. The van der Waals surface area contributed by atoms with Crippen molar-refractivity contribution in [2.75, 3.05) is 20.2 Å². The molecule has 0 radical (unpaired) electrons. The molecule has 3 heterocycles. The highest BCUT2D eigenvalue weighted by molar-refractivity contribution is 5.98. The van der Waals surface area contributed by atoms with Crippen molar-refractivity contribution in [3.63, 3.8) is 0 Å². The Balaban J connectivity index is 1.79. The van der Waals surface area contributed by atoms with Gasteiger partial charge in [0.1, 0.15) is 11.4 Å². The summed E-state index contributed by atoms with van der Waals surface area (Å²) in [7, 11) is 1.27. The van der Waals surface area contributed by atoms with Crippen molar-refractivity contribution in [3.8, 4) is 0 Å². The Hall–Kier alpha value is -3.29. The summed E-state index contributed by atoms with van der Waals surface area (Å²) in [5, 5.41) is 2.73. The Labute approximate surface area is 144 Å². The van der Waals surface area contributed by atoms with Crippen LogP contribution in [0.5, 0.6) is 0 Å². The van der Waals surface area contributed by atoms with Gasteiger partial charge in [0.05, 0.1) is 12.7 Å². The van der Waals surface area contributed by atoms with Gasteiger partial charge in [-0.05, 0) is 30.7 Å². The summed E-state index contributed by atoms with van der Waals surface area (Å²) in [5.41, 5.74) is 0.673. The van der Waals surface area contributed by atoms with Gasteiger partial charge in [-0.1, -0.05) is 6.07 Å². The van der Waals surface area contributed by atoms with Gasteiger partial charge in [0, 0.05) is 25.5 Å². The maximum atomic E-state index is 12.7. The van der Waals surface area contributed by atoms with Gasteiger partial charge < -0.3 is 4.74 Å². The van der Waals surface area contributed by atoms with Crippen molar-refractivity contribution in [2.45, 2.75) is 6.42 Å². The van der Waals surface area contributed by atoms with Crippen LogP contribution in [-0.4, -0.2) is 58.0 Å². The van der Waals surface area contributed by atoms with Gasteiger partial charge in [-0.25, -0.2) is 14.8 Å². The number of hydrogen-bond donors (Lipinski definition) is 0. The van der Waals surface area contributed by atoms with Gasteiger partial charge in [0.2, 0.25) is 0 Å². The summed E-state index contributed by atoms with van der Waals surface area (Å²) in [6.45, 7) is 0.846. The number of carbonyl (C=O) groups is 3. The first-order valence-electron chi connectivity index (χ1n) is 7.71. The molecule has 0 bridgehead atoms. The molecule has 2 aromatic rings. The summed E-state index contributed by atoms with van der Waals surface area (Å²) >= 11 is 0. The minimum Gasteiger partial charge on any atom is -0.465 e. The monoisotopic (exact) mass is 340 g/mol. The third-order valence-corrected chi connectivity index (χ3v) is 3.79. The van der Waals surface area contributed by atoms with Crippen LogP contribution < -0.4 is 0 Å². The lowest BCUT2D eigenvalue weighted by Crippen LogP contribution is -2.45. The second kappa shape index (κ2) is 7.08. The summed E-state index contributed by atoms with van der Waals surface area (Å²) in [4.78, 5) is 44.7. The van der Waals surface area contributed by atoms with Crippen LogP contribution in [0.2, 0.25) is 0 Å². The molecule has 0 aliphatic carbocycles. The maximum absolute atomic E-state index is 12.7. The van der Waals surface area contributed by atoms with Crippen LogP contribution in [0, 0.1) is 0 Å². The fraction of sp³-hybridized carbons (Fsp3) is 0.235. The molecule has 2 aromatic heterocycles. The van der Waals surface area contributed by atoms with E-state index in [-0.39, 0.29) is 22.9 Å². The summed E-state index contributed by atoms with van der Waals surface area (Å²) < 4.78 is 4.60. The van der Waals surface area contributed by atoms with Gasteiger partial charge in [-0.2, -0.15) is 0 Å². The maximum Gasteiger partial charge on any atom is 0.339 e. The van der Waals surface area contributed by atoms with E-state index in [2.05, 4.69) is 14.7 Å². The Morgan fingerprint density at radius 1 is 0.960 bits per heavy atom. The zero-order chi connectivity index (χ0) is 17.8. The van der Waals surface area contributed by atoms with E-state index in [1.165, 1.54) is 41.7 Å². The minimum atomic E-state index is -0.528. The number of methoxy groups -OCH3 is 1. The SMILES string of the molecule is COC(=O)c1ccc(C(=O)N2CCCN2C(=O)c2ccccn2)nc1. The van der Waals surface area contributed by atoms with E-state index >= 15 is 0 Å². The fourth-order valence-electron chi connectivity index (χ4n) is 2.55. The van der Waals surface area contributed by atoms with Crippen molar-refractivity contribution in [2.24, 2.45) is 0 Å². The third kappa shape index (κ3) is 3.32. The highest BCUT2D eigenvalue weighted by Gasteiger charge is 2.33. The Morgan fingerprint density at radius 2 is 1.64 bits per heavy atom. The van der Waals surface area contributed by atoms with Crippen molar-refractivity contribution in [3.05, 3.63) is 59.7 Å². The number of esters is 1. The first-order valence-corrected chi connectivity index (χ1v) is 7.71. The molecule has 25 heavy (non-hydrogen) atoms. The van der Waals surface area contributed by atoms with Gasteiger partial charge in [0.25, 0.3) is 11.8 Å². The molecule has 1 saturated heterocycles. The van der Waals surface area contributed by atoms with Gasteiger partial charge in [-0.15, -0.1) is 0 Å². The zero-order valence-corrected chi connectivity index (χ0v) is 13.6. The van der Waals surface area contributed by atoms with Crippen LogP contribution >= 0.6 is 0 Å². The first-order chi connectivity index (χ1) is 12.1. The molecule has 128 valence electrons. The van der Waals surface area contributed by atoms with Gasteiger partial charge in [0.15, 0.2) is 0 Å². The molecule has 1 aliphatic rings. The van der Waals surface area contributed by atoms with Crippen molar-refractivity contribution in [1.29, 1.82) is 0 Å². The van der Waals surface area contributed by atoms with Crippen LogP contribution in [0.25, 0.3) is 0 Å². The normalized spacial score (nSPS) is 13.6. The van der Waals surface area contributed by atoms with Crippen LogP contribution in [0.3, 0.4) is 0 Å². The number of nitrogens with zero attached hydrogens (tertiary/aromatic N) is 4. The third-order valence-electron chi connectivity index (χ3n) is 3.79. The molecule has 1 aliphatic heterocycles. The number of hydrazine groups is 1. The largest absolute Gasteiger partial charge is 0.465 e. The minimum absolute atomic E-state index is 0.147. The highest BCUT2D eigenvalue weighted by Crippen LogP contribution is 2.17. The van der Waals surface area contributed by atoms with Crippen molar-refractivity contribution in [1.82, 2.24) is 20.0 Å². The molecule has 0 atom stereocenters. The standard InChI is InChI=1S/C17H16N4O4/c1-25-17(24)12-6-7-14(19-11-12)16(23)21-10-4-9-20(21)15(22)13-5-2-3-8-18-13/h2-3,5-8,11H,4,9-10H2,1H3. The first kappa shape index (κ1) is 16.6. The fourth-order valence-corrected chi connectivity index (χ4v) is 2.55. The van der Waals surface area contributed by atoms with Crippen LogP contribution in [0.15, 0.2) is 42.7 Å². The van der Waals surface area contributed by atoms with Crippen molar-refractivity contribution >= 4 is 17.8 Å². The number of amides is 2. The number of aromatic nitrogens is 2. The van der Waals surface area contributed by atoms with Crippen LogP contribution in [0.4, 0.5) is 0 Å². The molecule has 2 amide bonds. The molecule has 0 aromatic carbocycles. The van der Waals surface area contributed by atoms with E-state index in [1.807, 2.05) is 0 Å². The molecule has 3 rings (SSSR count). The lowest BCUT2D eigenvalue weighted by Gasteiger charge is -2.27. The number of ether oxygens (including phenoxy) is 1. The van der Waals surface area contributed by atoms with E-state index in [1.54, 1.807) is 18.2 Å². The molecule has 0 saturated carbocycles. The molecule has 0 N–H and O–H groups in total. The summed E-state index contributed by atoms with van der Waals surface area (Å²) in [6, 6.07) is 7.95. The zero-order valence-electron chi connectivity index (χ0n) is 13.6. The van der Waals surface area contributed by atoms with E-state index in [0.29, 0.717) is 19.5 Å². The second-order valence-corrected chi connectivity index (χ2v) is 5.35. The van der Waals surface area contributed by atoms with Gasteiger partial charge >= 0.3 is 5.97 Å². The average Bonchev–Trinajstić information content (AvgIpc) is 3.16. The molecular weight excluding hydrogens is 324 g/mol. The second-order valence-electron chi connectivity index (χ2n) is 5.35. The Bertz CT molecular complexity index is 792. The topological polar surface area (TPSA) is 92.7 Å². The lowest BCUT2D eigenvalue weighted by molar-refractivity contribution is 0.0178. The highest BCUT2D eigenvalue weighted by atomic mass is 16.5. The van der Waals surface area contributed by atoms with E-state index in [9.17, 15) is 14.4 Å². The van der Waals surface area contributed by atoms with E-state index < -0.39 is 11.9 Å². The van der Waals surface area contributed by atoms with Gasteiger partial charge in [-0.3, -0.25) is 19.6 Å². The number of carbonyl (C=O) groups excluding carboxylic acids is 3. The molecule has 1 fully saturated rings. The van der Waals surface area contributed by atoms with E-state index in [0.717, 1.165) is 0 Å². The predicted octanol–water partition coefficient (Wildman–Crippen LogP) is 1.17. The number of rotatable bonds is 3. The molecular formula is C17H16N4O4. The molecule has 0 spiro atoms.